The Kier molecular flexibility index (Phi) is 5.39. The van der Waals surface area contributed by atoms with E-state index in [1.165, 1.54) is 12.8 Å². The highest BCUT2D eigenvalue weighted by atomic mass is 16.3. The van der Waals surface area contributed by atoms with Crippen molar-refractivity contribution in [3.8, 4) is 0 Å². The van der Waals surface area contributed by atoms with E-state index in [2.05, 4.69) is 17.6 Å². The lowest BCUT2D eigenvalue weighted by molar-refractivity contribution is -0.127. The Hall–Kier alpha value is -0.610. The van der Waals surface area contributed by atoms with Crippen LogP contribution >= 0.6 is 0 Å². The molecule has 0 aromatic heterocycles. The Morgan fingerprint density at radius 2 is 2.05 bits per heavy atom. The Morgan fingerprint density at radius 1 is 1.42 bits per heavy atom. The Labute approximate surface area is 117 Å². The first-order valence-electron chi connectivity index (χ1n) is 7.37. The molecular formula is C15H30N2O2. The SMILES string of the molecule is CC(CC(=O)NC(C)(C)C(C)(C)O)C1CCCNC1. The molecule has 1 heterocycles. The van der Waals surface area contributed by atoms with Crippen molar-refractivity contribution in [2.24, 2.45) is 11.8 Å². The standard InChI is InChI=1S/C15H30N2O2/c1-11(12-7-6-8-16-10-12)9-13(18)17-14(2,3)15(4,5)19/h11-12,16,19H,6-10H2,1-5H3,(H,17,18). The molecule has 2 atom stereocenters. The van der Waals surface area contributed by atoms with Gasteiger partial charge in [-0.1, -0.05) is 6.92 Å². The average Bonchev–Trinajstić information content (AvgIpc) is 2.27. The zero-order valence-electron chi connectivity index (χ0n) is 13.0. The summed E-state index contributed by atoms with van der Waals surface area (Å²) in [5.41, 5.74) is -1.55. The second-order valence-electron chi connectivity index (χ2n) is 7.02. The van der Waals surface area contributed by atoms with E-state index in [9.17, 15) is 9.90 Å². The Bertz CT molecular complexity index is 302. The van der Waals surface area contributed by atoms with E-state index in [0.29, 0.717) is 18.3 Å². The number of hydrogen-bond acceptors (Lipinski definition) is 3. The quantitative estimate of drug-likeness (QED) is 0.712. The summed E-state index contributed by atoms with van der Waals surface area (Å²) in [6, 6.07) is 0. The Morgan fingerprint density at radius 3 is 2.53 bits per heavy atom. The van der Waals surface area contributed by atoms with Crippen molar-refractivity contribution in [3.05, 3.63) is 0 Å². The monoisotopic (exact) mass is 270 g/mol. The summed E-state index contributed by atoms with van der Waals surface area (Å²) in [5.74, 6) is 1.00. The third-order valence-corrected chi connectivity index (χ3v) is 4.63. The van der Waals surface area contributed by atoms with Gasteiger partial charge >= 0.3 is 0 Å². The molecule has 4 heteroatoms. The van der Waals surface area contributed by atoms with Crippen LogP contribution in [0.4, 0.5) is 0 Å². The molecule has 1 rings (SSSR count). The van der Waals surface area contributed by atoms with Crippen LogP contribution in [0.3, 0.4) is 0 Å². The topological polar surface area (TPSA) is 61.4 Å². The summed E-state index contributed by atoms with van der Waals surface area (Å²) >= 11 is 0. The van der Waals surface area contributed by atoms with Gasteiger partial charge < -0.3 is 15.7 Å². The van der Waals surface area contributed by atoms with Crippen molar-refractivity contribution in [2.45, 2.75) is 65.0 Å². The summed E-state index contributed by atoms with van der Waals surface area (Å²) in [6.07, 6.45) is 2.94. The zero-order valence-corrected chi connectivity index (χ0v) is 13.0. The van der Waals surface area contributed by atoms with Gasteiger partial charge in [-0.2, -0.15) is 0 Å². The summed E-state index contributed by atoms with van der Waals surface area (Å²) in [4.78, 5) is 12.1. The van der Waals surface area contributed by atoms with Gasteiger partial charge in [0, 0.05) is 6.42 Å². The maximum absolute atomic E-state index is 12.1. The van der Waals surface area contributed by atoms with Crippen LogP contribution in [-0.2, 0) is 4.79 Å². The molecule has 0 aromatic rings. The van der Waals surface area contributed by atoms with Crippen LogP contribution < -0.4 is 10.6 Å². The van der Waals surface area contributed by atoms with E-state index in [4.69, 9.17) is 0 Å². The molecule has 0 bridgehead atoms. The molecule has 1 saturated heterocycles. The molecule has 4 nitrogen and oxygen atoms in total. The van der Waals surface area contributed by atoms with Crippen LogP contribution in [0.2, 0.25) is 0 Å². The van der Waals surface area contributed by atoms with Crippen LogP contribution in [0.25, 0.3) is 0 Å². The maximum atomic E-state index is 12.1. The molecule has 0 spiro atoms. The predicted octanol–water partition coefficient (Wildman–Crippen LogP) is 1.68. The second-order valence-corrected chi connectivity index (χ2v) is 7.02. The van der Waals surface area contributed by atoms with Crippen molar-refractivity contribution in [1.82, 2.24) is 10.6 Å². The largest absolute Gasteiger partial charge is 0.388 e. The number of nitrogens with one attached hydrogen (secondary N) is 2. The highest BCUT2D eigenvalue weighted by molar-refractivity contribution is 5.77. The summed E-state index contributed by atoms with van der Waals surface area (Å²) < 4.78 is 0. The van der Waals surface area contributed by atoms with E-state index in [1.54, 1.807) is 13.8 Å². The zero-order chi connectivity index (χ0) is 14.7. The van der Waals surface area contributed by atoms with Crippen LogP contribution in [0.5, 0.6) is 0 Å². The number of hydrogen-bond donors (Lipinski definition) is 3. The normalized spacial score (nSPS) is 22.9. The molecule has 0 radical (unpaired) electrons. The minimum atomic E-state index is -0.932. The number of aliphatic hydroxyl groups is 1. The van der Waals surface area contributed by atoms with Gasteiger partial charge in [0.25, 0.3) is 0 Å². The lowest BCUT2D eigenvalue weighted by atomic mass is 9.83. The molecule has 1 aliphatic heterocycles. The van der Waals surface area contributed by atoms with Gasteiger partial charge in [0.15, 0.2) is 0 Å². The molecule has 0 saturated carbocycles. The molecule has 0 aliphatic carbocycles. The summed E-state index contributed by atoms with van der Waals surface area (Å²) in [5, 5.41) is 16.4. The van der Waals surface area contributed by atoms with Gasteiger partial charge in [-0.15, -0.1) is 0 Å². The van der Waals surface area contributed by atoms with Crippen LogP contribution in [0, 0.1) is 11.8 Å². The molecular weight excluding hydrogens is 240 g/mol. The first-order valence-corrected chi connectivity index (χ1v) is 7.37. The van der Waals surface area contributed by atoms with Gasteiger partial charge in [0.1, 0.15) is 0 Å². The third kappa shape index (κ3) is 4.77. The molecule has 3 N–H and O–H groups in total. The number of amides is 1. The minimum absolute atomic E-state index is 0.0326. The number of carbonyl (C=O) groups is 1. The number of carbonyl (C=O) groups excluding carboxylic acids is 1. The van der Waals surface area contributed by atoms with Crippen molar-refractivity contribution < 1.29 is 9.90 Å². The van der Waals surface area contributed by atoms with Gasteiger partial charge in [-0.25, -0.2) is 0 Å². The lowest BCUT2D eigenvalue weighted by Crippen LogP contribution is -2.58. The highest BCUT2D eigenvalue weighted by Gasteiger charge is 2.36. The molecule has 112 valence electrons. The fraction of sp³-hybridized carbons (Fsp3) is 0.933. The fourth-order valence-electron chi connectivity index (χ4n) is 2.38. The van der Waals surface area contributed by atoms with Crippen LogP contribution in [0.15, 0.2) is 0 Å². The maximum Gasteiger partial charge on any atom is 0.220 e. The molecule has 1 aliphatic rings. The molecule has 2 unspecified atom stereocenters. The smallest absolute Gasteiger partial charge is 0.220 e. The predicted molar refractivity (Wildman–Crippen MR) is 77.9 cm³/mol. The van der Waals surface area contributed by atoms with E-state index in [1.807, 2.05) is 13.8 Å². The molecule has 0 aromatic carbocycles. The Balaban J connectivity index is 2.46. The van der Waals surface area contributed by atoms with Crippen molar-refractivity contribution in [1.29, 1.82) is 0 Å². The van der Waals surface area contributed by atoms with Crippen molar-refractivity contribution in [2.75, 3.05) is 13.1 Å². The van der Waals surface area contributed by atoms with Gasteiger partial charge in [-0.3, -0.25) is 4.79 Å². The molecule has 19 heavy (non-hydrogen) atoms. The number of piperidine rings is 1. The van der Waals surface area contributed by atoms with Gasteiger partial charge in [0.2, 0.25) is 5.91 Å². The average molecular weight is 270 g/mol. The lowest BCUT2D eigenvalue weighted by Gasteiger charge is -2.38. The number of rotatable bonds is 5. The first kappa shape index (κ1) is 16.4. The van der Waals surface area contributed by atoms with Crippen LogP contribution in [0.1, 0.15) is 53.9 Å². The van der Waals surface area contributed by atoms with Crippen LogP contribution in [-0.4, -0.2) is 35.2 Å². The molecule has 1 fully saturated rings. The first-order chi connectivity index (χ1) is 8.63. The van der Waals surface area contributed by atoms with E-state index in [0.717, 1.165) is 13.1 Å². The van der Waals surface area contributed by atoms with E-state index < -0.39 is 11.1 Å². The van der Waals surface area contributed by atoms with E-state index in [-0.39, 0.29) is 5.91 Å². The molecule has 1 amide bonds. The summed E-state index contributed by atoms with van der Waals surface area (Å²) in [6.45, 7) is 11.4. The van der Waals surface area contributed by atoms with Crippen molar-refractivity contribution >= 4 is 5.91 Å². The highest BCUT2D eigenvalue weighted by Crippen LogP contribution is 2.24. The fourth-order valence-corrected chi connectivity index (χ4v) is 2.38. The summed E-state index contributed by atoms with van der Waals surface area (Å²) in [7, 11) is 0. The van der Waals surface area contributed by atoms with Gasteiger partial charge in [0.05, 0.1) is 11.1 Å². The third-order valence-electron chi connectivity index (χ3n) is 4.63. The van der Waals surface area contributed by atoms with Crippen molar-refractivity contribution in [3.63, 3.8) is 0 Å². The van der Waals surface area contributed by atoms with E-state index >= 15 is 0 Å². The van der Waals surface area contributed by atoms with Gasteiger partial charge in [-0.05, 0) is 65.5 Å². The minimum Gasteiger partial charge on any atom is -0.388 e. The second kappa shape index (κ2) is 6.23.